The molecule has 0 unspecified atom stereocenters. The van der Waals surface area contributed by atoms with Gasteiger partial charge in [0.2, 0.25) is 15.8 Å². The predicted molar refractivity (Wildman–Crippen MR) is 87.8 cm³/mol. The number of rotatable bonds is 4. The lowest BCUT2D eigenvalue weighted by molar-refractivity contribution is 0.326. The maximum absolute atomic E-state index is 11.5. The molecule has 23 heavy (non-hydrogen) atoms. The highest BCUT2D eigenvalue weighted by molar-refractivity contribution is 7.88. The van der Waals surface area contributed by atoms with Crippen molar-refractivity contribution in [3.05, 3.63) is 29.3 Å². The van der Waals surface area contributed by atoms with E-state index in [4.69, 9.17) is 16.1 Å². The van der Waals surface area contributed by atoms with Crippen molar-refractivity contribution < 1.29 is 12.9 Å². The Labute approximate surface area is 139 Å². The van der Waals surface area contributed by atoms with Crippen LogP contribution in [-0.4, -0.2) is 48.3 Å². The van der Waals surface area contributed by atoms with Gasteiger partial charge in [-0.3, -0.25) is 0 Å². The average molecular weight is 357 g/mol. The molecule has 0 saturated carbocycles. The van der Waals surface area contributed by atoms with E-state index in [1.54, 1.807) is 12.1 Å². The summed E-state index contributed by atoms with van der Waals surface area (Å²) in [4.78, 5) is 4.30. The Morgan fingerprint density at radius 1 is 1.35 bits per heavy atom. The molecule has 0 amide bonds. The van der Waals surface area contributed by atoms with Crippen molar-refractivity contribution in [2.24, 2.45) is 0 Å². The predicted octanol–water partition coefficient (Wildman–Crippen LogP) is 2.23. The van der Waals surface area contributed by atoms with Crippen LogP contribution in [0.25, 0.3) is 11.4 Å². The zero-order chi connectivity index (χ0) is 16.4. The first kappa shape index (κ1) is 16.2. The Bertz CT molecular complexity index is 785. The van der Waals surface area contributed by atoms with Crippen LogP contribution >= 0.6 is 11.6 Å². The zero-order valence-corrected chi connectivity index (χ0v) is 14.1. The van der Waals surface area contributed by atoms with Gasteiger partial charge in [-0.2, -0.15) is 4.98 Å². The van der Waals surface area contributed by atoms with Gasteiger partial charge in [-0.1, -0.05) is 28.9 Å². The van der Waals surface area contributed by atoms with E-state index in [0.29, 0.717) is 42.8 Å². The van der Waals surface area contributed by atoms with Crippen molar-refractivity contribution in [2.75, 3.05) is 24.7 Å². The van der Waals surface area contributed by atoms with Gasteiger partial charge in [0, 0.05) is 29.7 Å². The van der Waals surface area contributed by atoms with E-state index in [9.17, 15) is 8.42 Å². The van der Waals surface area contributed by atoms with Crippen molar-refractivity contribution >= 4 is 27.6 Å². The third kappa shape index (κ3) is 4.01. The number of anilines is 1. The molecule has 1 fully saturated rings. The number of hydrogen-bond acceptors (Lipinski definition) is 6. The number of nitrogens with one attached hydrogen (secondary N) is 1. The number of hydrogen-bond donors (Lipinski definition) is 1. The van der Waals surface area contributed by atoms with Gasteiger partial charge in [0.25, 0.3) is 0 Å². The Balaban J connectivity index is 1.62. The molecule has 1 saturated heterocycles. The first-order valence-electron chi connectivity index (χ1n) is 7.23. The van der Waals surface area contributed by atoms with Crippen molar-refractivity contribution in [3.8, 4) is 11.4 Å². The second-order valence-corrected chi connectivity index (χ2v) is 7.93. The van der Waals surface area contributed by atoms with Gasteiger partial charge < -0.3 is 9.84 Å². The standard InChI is InChI=1S/C14H17ClN4O3S/c1-23(20,21)19-7-5-12(6-8-19)16-14-17-13(18-22-14)10-3-2-4-11(15)9-10/h2-4,9,12H,5-8H2,1H3,(H,16,17,18). The summed E-state index contributed by atoms with van der Waals surface area (Å²) in [5.74, 6) is 0.462. The Morgan fingerprint density at radius 3 is 2.74 bits per heavy atom. The number of nitrogens with zero attached hydrogens (tertiary/aromatic N) is 3. The van der Waals surface area contributed by atoms with Crippen LogP contribution in [0.4, 0.5) is 6.01 Å². The summed E-state index contributed by atoms with van der Waals surface area (Å²) in [6, 6.07) is 7.66. The van der Waals surface area contributed by atoms with Crippen LogP contribution in [-0.2, 0) is 10.0 Å². The first-order chi connectivity index (χ1) is 10.9. The van der Waals surface area contributed by atoms with Gasteiger partial charge in [-0.05, 0) is 25.0 Å². The first-order valence-corrected chi connectivity index (χ1v) is 9.46. The third-order valence-corrected chi connectivity index (χ3v) is 5.30. The third-order valence-electron chi connectivity index (χ3n) is 3.76. The minimum Gasteiger partial charge on any atom is -0.335 e. The lowest BCUT2D eigenvalue weighted by atomic mass is 10.1. The minimum atomic E-state index is -3.12. The molecule has 1 aliphatic rings. The summed E-state index contributed by atoms with van der Waals surface area (Å²) >= 11 is 5.95. The summed E-state index contributed by atoms with van der Waals surface area (Å²) in [6.45, 7) is 0.984. The molecule has 1 aliphatic heterocycles. The highest BCUT2D eigenvalue weighted by Crippen LogP contribution is 2.22. The number of aromatic nitrogens is 2. The normalized spacial score (nSPS) is 17.3. The molecule has 0 aliphatic carbocycles. The van der Waals surface area contributed by atoms with Crippen molar-refractivity contribution in [1.29, 1.82) is 0 Å². The second kappa shape index (κ2) is 6.46. The molecule has 3 rings (SSSR count). The molecule has 2 aromatic rings. The van der Waals surface area contributed by atoms with Gasteiger partial charge in [0.15, 0.2) is 0 Å². The fourth-order valence-corrected chi connectivity index (χ4v) is 3.60. The summed E-state index contributed by atoms with van der Waals surface area (Å²) in [5, 5.41) is 7.70. The number of sulfonamides is 1. The number of benzene rings is 1. The maximum atomic E-state index is 11.5. The number of piperidine rings is 1. The average Bonchev–Trinajstić information content (AvgIpc) is 2.95. The van der Waals surface area contributed by atoms with Gasteiger partial charge in [0.05, 0.1) is 6.26 Å². The fraction of sp³-hybridized carbons (Fsp3) is 0.429. The molecule has 0 radical (unpaired) electrons. The van der Waals surface area contributed by atoms with E-state index >= 15 is 0 Å². The molecule has 0 spiro atoms. The Kier molecular flexibility index (Phi) is 4.56. The zero-order valence-electron chi connectivity index (χ0n) is 12.6. The van der Waals surface area contributed by atoms with Crippen LogP contribution in [0.15, 0.2) is 28.8 Å². The summed E-state index contributed by atoms with van der Waals surface area (Å²) in [7, 11) is -3.12. The Morgan fingerprint density at radius 2 is 2.09 bits per heavy atom. The van der Waals surface area contributed by atoms with Crippen molar-refractivity contribution in [1.82, 2.24) is 14.4 Å². The molecule has 7 nitrogen and oxygen atoms in total. The van der Waals surface area contributed by atoms with E-state index in [2.05, 4.69) is 15.5 Å². The lowest BCUT2D eigenvalue weighted by Gasteiger charge is -2.30. The molecule has 1 aromatic heterocycles. The second-order valence-electron chi connectivity index (χ2n) is 5.51. The van der Waals surface area contributed by atoms with Crippen LogP contribution in [0.2, 0.25) is 5.02 Å². The topological polar surface area (TPSA) is 88.3 Å². The van der Waals surface area contributed by atoms with Crippen LogP contribution in [0.3, 0.4) is 0 Å². The van der Waals surface area contributed by atoms with E-state index in [1.807, 2.05) is 12.1 Å². The van der Waals surface area contributed by atoms with Crippen molar-refractivity contribution in [2.45, 2.75) is 18.9 Å². The fourth-order valence-electron chi connectivity index (χ4n) is 2.53. The molecule has 0 bridgehead atoms. The monoisotopic (exact) mass is 356 g/mol. The lowest BCUT2D eigenvalue weighted by Crippen LogP contribution is -2.41. The van der Waals surface area contributed by atoms with E-state index in [-0.39, 0.29) is 6.04 Å². The highest BCUT2D eigenvalue weighted by atomic mass is 35.5. The smallest absolute Gasteiger partial charge is 0.322 e. The summed E-state index contributed by atoms with van der Waals surface area (Å²) in [6.07, 6.45) is 2.62. The van der Waals surface area contributed by atoms with Gasteiger partial charge in [0.1, 0.15) is 0 Å². The minimum absolute atomic E-state index is 0.112. The van der Waals surface area contributed by atoms with Gasteiger partial charge in [-0.15, -0.1) is 0 Å². The molecule has 0 atom stereocenters. The molecule has 1 N–H and O–H groups in total. The quantitative estimate of drug-likeness (QED) is 0.903. The van der Waals surface area contributed by atoms with Crippen molar-refractivity contribution in [3.63, 3.8) is 0 Å². The highest BCUT2D eigenvalue weighted by Gasteiger charge is 2.25. The molecule has 124 valence electrons. The van der Waals surface area contributed by atoms with Crippen LogP contribution in [0.5, 0.6) is 0 Å². The summed E-state index contributed by atoms with van der Waals surface area (Å²) in [5.41, 5.74) is 0.779. The molecular weight excluding hydrogens is 340 g/mol. The van der Waals surface area contributed by atoms with Crippen LogP contribution in [0.1, 0.15) is 12.8 Å². The molecule has 9 heteroatoms. The van der Waals surface area contributed by atoms with E-state index in [0.717, 1.165) is 5.56 Å². The number of halogens is 1. The maximum Gasteiger partial charge on any atom is 0.322 e. The van der Waals surface area contributed by atoms with Gasteiger partial charge >= 0.3 is 6.01 Å². The van der Waals surface area contributed by atoms with Crippen LogP contribution in [0, 0.1) is 0 Å². The summed E-state index contributed by atoms with van der Waals surface area (Å²) < 4.78 is 29.7. The molecule has 1 aromatic carbocycles. The molecular formula is C14H17ClN4O3S. The van der Waals surface area contributed by atoms with E-state index < -0.39 is 10.0 Å². The largest absolute Gasteiger partial charge is 0.335 e. The Hall–Kier alpha value is -1.64. The van der Waals surface area contributed by atoms with Crippen LogP contribution < -0.4 is 5.32 Å². The van der Waals surface area contributed by atoms with Gasteiger partial charge in [-0.25, -0.2) is 12.7 Å². The SMILES string of the molecule is CS(=O)(=O)N1CCC(Nc2nc(-c3cccc(Cl)c3)no2)CC1. The van der Waals surface area contributed by atoms with E-state index in [1.165, 1.54) is 10.6 Å². The molecule has 2 heterocycles.